The van der Waals surface area contributed by atoms with E-state index in [1.807, 2.05) is 0 Å². The van der Waals surface area contributed by atoms with Crippen molar-refractivity contribution in [1.29, 1.82) is 0 Å². The van der Waals surface area contributed by atoms with Crippen molar-refractivity contribution in [2.75, 3.05) is 5.75 Å². The van der Waals surface area contributed by atoms with Crippen molar-refractivity contribution in [3.05, 3.63) is 46.9 Å². The molecule has 1 aromatic rings. The van der Waals surface area contributed by atoms with Crippen molar-refractivity contribution in [3.63, 3.8) is 0 Å². The van der Waals surface area contributed by atoms with E-state index in [-0.39, 0.29) is 29.0 Å². The zero-order valence-corrected chi connectivity index (χ0v) is 13.1. The van der Waals surface area contributed by atoms with Crippen LogP contribution >= 0.6 is 0 Å². The van der Waals surface area contributed by atoms with Gasteiger partial charge in [-0.05, 0) is 30.2 Å². The van der Waals surface area contributed by atoms with Crippen LogP contribution in [0.15, 0.2) is 41.2 Å². The minimum Gasteiger partial charge on any atom is -0.477 e. The first-order chi connectivity index (χ1) is 10.9. The minimum atomic E-state index is -3.67. The number of carbonyl (C=O) groups excluding carboxylic acids is 1. The smallest absolute Gasteiger partial charge is 0.352 e. The van der Waals surface area contributed by atoms with Crippen LogP contribution in [0.2, 0.25) is 0 Å². The van der Waals surface area contributed by atoms with Crippen LogP contribution in [0.25, 0.3) is 6.08 Å². The molecule has 1 N–H and O–H groups in total. The fourth-order valence-corrected chi connectivity index (χ4v) is 4.90. The number of amides is 1. The van der Waals surface area contributed by atoms with Gasteiger partial charge in [-0.3, -0.25) is 14.7 Å². The Morgan fingerprint density at radius 1 is 1.48 bits per heavy atom. The van der Waals surface area contributed by atoms with Gasteiger partial charge in [0.25, 0.3) is 5.91 Å². The third-order valence-electron chi connectivity index (χ3n) is 3.88. The van der Waals surface area contributed by atoms with Gasteiger partial charge in [0.2, 0.25) is 0 Å². The average molecular weight is 334 g/mol. The first kappa shape index (κ1) is 15.4. The van der Waals surface area contributed by atoms with Crippen molar-refractivity contribution in [1.82, 2.24) is 9.88 Å². The fourth-order valence-electron chi connectivity index (χ4n) is 2.83. The molecule has 7 nitrogen and oxygen atoms in total. The highest BCUT2D eigenvalue weighted by atomic mass is 32.2. The van der Waals surface area contributed by atoms with E-state index in [1.165, 1.54) is 12.3 Å². The second-order valence-electron chi connectivity index (χ2n) is 5.30. The Hall–Kier alpha value is -2.48. The van der Waals surface area contributed by atoms with Gasteiger partial charge in [0.15, 0.2) is 15.2 Å². The molecule has 23 heavy (non-hydrogen) atoms. The predicted octanol–water partition coefficient (Wildman–Crippen LogP) is 0.810. The number of β-lactam (4-membered cyclic amide) rings is 1. The topological polar surface area (TPSA) is 105 Å². The van der Waals surface area contributed by atoms with Gasteiger partial charge < -0.3 is 5.11 Å². The second kappa shape index (κ2) is 5.31. The monoisotopic (exact) mass is 334 g/mol. The van der Waals surface area contributed by atoms with Gasteiger partial charge in [-0.1, -0.05) is 13.0 Å². The summed E-state index contributed by atoms with van der Waals surface area (Å²) in [6.45, 7) is 1.67. The zero-order valence-electron chi connectivity index (χ0n) is 12.3. The highest BCUT2D eigenvalue weighted by molar-refractivity contribution is 7.92. The molecule has 0 unspecified atom stereocenters. The average Bonchev–Trinajstić information content (AvgIpc) is 2.51. The van der Waals surface area contributed by atoms with E-state index in [4.69, 9.17) is 0 Å². The normalized spacial score (nSPS) is 24.4. The largest absolute Gasteiger partial charge is 0.477 e. The number of carbonyl (C=O) groups is 2. The zero-order chi connectivity index (χ0) is 16.8. The van der Waals surface area contributed by atoms with Crippen molar-refractivity contribution in [3.8, 4) is 0 Å². The molecule has 1 fully saturated rings. The number of pyridine rings is 1. The molecule has 0 aromatic carbocycles. The van der Waals surface area contributed by atoms with Crippen molar-refractivity contribution < 1.29 is 23.1 Å². The van der Waals surface area contributed by atoms with E-state index in [9.17, 15) is 23.1 Å². The molecular weight excluding hydrogens is 320 g/mol. The number of carboxylic acids is 1. The number of aromatic nitrogens is 1. The Bertz CT molecular complexity index is 855. The first-order valence-electron chi connectivity index (χ1n) is 7.00. The second-order valence-corrected chi connectivity index (χ2v) is 7.36. The third-order valence-corrected chi connectivity index (χ3v) is 5.77. The number of aliphatic carboxylic acids is 1. The molecular formula is C15H14N2O5S. The summed E-state index contributed by atoms with van der Waals surface area (Å²) < 4.78 is 24.9. The van der Waals surface area contributed by atoms with Crippen LogP contribution in [-0.2, 0) is 19.4 Å². The van der Waals surface area contributed by atoms with Crippen LogP contribution < -0.4 is 0 Å². The van der Waals surface area contributed by atoms with E-state index in [2.05, 4.69) is 4.98 Å². The maximum Gasteiger partial charge on any atom is 0.352 e. The molecule has 0 bridgehead atoms. The first-order valence-corrected chi connectivity index (χ1v) is 8.71. The SMILES string of the molecule is CCC1=C(C(=O)O)N2C(=O)/C(=C/c3ccccn3)[C@H]2S(=O)(=O)C1. The van der Waals surface area contributed by atoms with Crippen LogP contribution in [-0.4, -0.2) is 46.4 Å². The number of nitrogens with zero attached hydrogens (tertiary/aromatic N) is 2. The Balaban J connectivity index is 2.10. The summed E-state index contributed by atoms with van der Waals surface area (Å²) in [6, 6.07) is 5.06. The molecule has 120 valence electrons. The number of sulfone groups is 1. The molecule has 3 heterocycles. The van der Waals surface area contributed by atoms with Crippen LogP contribution in [0.5, 0.6) is 0 Å². The maximum absolute atomic E-state index is 12.4. The predicted molar refractivity (Wildman–Crippen MR) is 81.6 cm³/mol. The molecule has 0 radical (unpaired) electrons. The minimum absolute atomic E-state index is 0.0533. The highest BCUT2D eigenvalue weighted by Gasteiger charge is 2.56. The van der Waals surface area contributed by atoms with E-state index in [0.29, 0.717) is 5.69 Å². The molecule has 1 atom stereocenters. The van der Waals surface area contributed by atoms with E-state index in [0.717, 1.165) is 4.90 Å². The highest BCUT2D eigenvalue weighted by Crippen LogP contribution is 2.41. The lowest BCUT2D eigenvalue weighted by molar-refractivity contribution is -0.141. The molecule has 3 rings (SSSR count). The summed E-state index contributed by atoms with van der Waals surface area (Å²) in [5, 5.41) is 8.11. The summed E-state index contributed by atoms with van der Waals surface area (Å²) in [7, 11) is -3.67. The summed E-state index contributed by atoms with van der Waals surface area (Å²) in [4.78, 5) is 28.7. The van der Waals surface area contributed by atoms with Crippen molar-refractivity contribution in [2.24, 2.45) is 0 Å². The van der Waals surface area contributed by atoms with Crippen LogP contribution in [0.1, 0.15) is 19.0 Å². The molecule has 1 saturated heterocycles. The van der Waals surface area contributed by atoms with E-state index in [1.54, 1.807) is 25.1 Å². The van der Waals surface area contributed by atoms with Gasteiger partial charge in [0, 0.05) is 6.20 Å². The molecule has 0 aliphatic carbocycles. The van der Waals surface area contributed by atoms with Gasteiger partial charge >= 0.3 is 5.97 Å². The standard InChI is InChI=1S/C15H14N2O5S/c1-2-9-8-23(21,22)14-11(7-10-5-3-4-6-16-10)13(18)17(14)12(9)15(19)20/h3-7,14H,2,8H2,1H3,(H,19,20)/b11-7-/t14-/m1/s1. The lowest BCUT2D eigenvalue weighted by atomic mass is 10.00. The quantitative estimate of drug-likeness (QED) is 0.648. The number of fused-ring (bicyclic) bond motifs is 1. The number of hydrogen-bond acceptors (Lipinski definition) is 5. The van der Waals surface area contributed by atoms with Gasteiger partial charge in [-0.15, -0.1) is 0 Å². The van der Waals surface area contributed by atoms with Gasteiger partial charge in [-0.2, -0.15) is 0 Å². The molecule has 1 aromatic heterocycles. The van der Waals surface area contributed by atoms with Crippen LogP contribution in [0.4, 0.5) is 0 Å². The number of hydrogen-bond donors (Lipinski definition) is 1. The Morgan fingerprint density at radius 2 is 2.22 bits per heavy atom. The van der Waals surface area contributed by atoms with Crippen LogP contribution in [0, 0.1) is 0 Å². The Kier molecular flexibility index (Phi) is 3.56. The van der Waals surface area contributed by atoms with E-state index < -0.39 is 27.1 Å². The molecule has 2 aliphatic heterocycles. The molecule has 8 heteroatoms. The lowest BCUT2D eigenvalue weighted by Gasteiger charge is -2.45. The van der Waals surface area contributed by atoms with Gasteiger partial charge in [0.05, 0.1) is 17.0 Å². The van der Waals surface area contributed by atoms with Crippen molar-refractivity contribution >= 4 is 27.8 Å². The molecule has 2 aliphatic rings. The summed E-state index contributed by atoms with van der Waals surface area (Å²) in [6.07, 6.45) is 3.19. The molecule has 0 spiro atoms. The maximum atomic E-state index is 12.4. The Labute approximate surface area is 132 Å². The summed E-state index contributed by atoms with van der Waals surface area (Å²) in [5.74, 6) is -2.24. The summed E-state index contributed by atoms with van der Waals surface area (Å²) >= 11 is 0. The Morgan fingerprint density at radius 3 is 2.78 bits per heavy atom. The fraction of sp³-hybridized carbons (Fsp3) is 0.267. The number of carboxylic acid groups (broad SMARTS) is 1. The third kappa shape index (κ3) is 2.35. The summed E-state index contributed by atoms with van der Waals surface area (Å²) in [5.41, 5.74) is 0.542. The van der Waals surface area contributed by atoms with Crippen LogP contribution in [0.3, 0.4) is 0 Å². The van der Waals surface area contributed by atoms with Gasteiger partial charge in [-0.25, -0.2) is 13.2 Å². The van der Waals surface area contributed by atoms with E-state index >= 15 is 0 Å². The van der Waals surface area contributed by atoms with Crippen molar-refractivity contribution in [2.45, 2.75) is 18.7 Å². The lowest BCUT2D eigenvalue weighted by Crippen LogP contribution is -2.62. The molecule has 1 amide bonds. The molecule has 0 saturated carbocycles. The van der Waals surface area contributed by atoms with Gasteiger partial charge in [0.1, 0.15) is 5.70 Å². The number of rotatable bonds is 3.